The number of Topliss-reactive ketones (excluding diaryl/α,β-unsaturated/α-hetero) is 2. The van der Waals surface area contributed by atoms with Crippen molar-refractivity contribution in [1.82, 2.24) is 0 Å². The van der Waals surface area contributed by atoms with Crippen LogP contribution in [0.25, 0.3) is 0 Å². The maximum Gasteiger partial charge on any atom is 0.165 e. The minimum absolute atomic E-state index is 0.0242. The SMILES string of the molecule is O=C1C2=C(C(=O)C(C3c4ccccc4Oc4ccccc43)C1C1c3ccccc3Oc3ccccc31)C1c3c(Cl)cccc3C2c2cccc(Cl)c21. The summed E-state index contributed by atoms with van der Waals surface area (Å²) < 4.78 is 12.9. The fraction of sp³-hybridized carbons (Fsp3) is 0.130. The van der Waals surface area contributed by atoms with E-state index in [0.29, 0.717) is 44.2 Å². The lowest BCUT2D eigenvalue weighted by molar-refractivity contribution is -0.132. The van der Waals surface area contributed by atoms with Crippen LogP contribution in [0.5, 0.6) is 23.0 Å². The van der Waals surface area contributed by atoms with Crippen LogP contribution in [-0.2, 0) is 9.59 Å². The van der Waals surface area contributed by atoms with Crippen molar-refractivity contribution in [2.24, 2.45) is 11.8 Å². The van der Waals surface area contributed by atoms with Gasteiger partial charge in [-0.2, -0.15) is 0 Å². The number of fused-ring (bicyclic) bond motifs is 4. The highest BCUT2D eigenvalue weighted by molar-refractivity contribution is 6.33. The van der Waals surface area contributed by atoms with Crippen molar-refractivity contribution in [2.45, 2.75) is 23.7 Å². The largest absolute Gasteiger partial charge is 0.457 e. The third-order valence-electron chi connectivity index (χ3n) is 11.9. The highest BCUT2D eigenvalue weighted by atomic mass is 35.5. The van der Waals surface area contributed by atoms with Crippen LogP contribution in [0.2, 0.25) is 10.0 Å². The van der Waals surface area contributed by atoms with Gasteiger partial charge in [0.2, 0.25) is 0 Å². The molecule has 4 nitrogen and oxygen atoms in total. The standard InChI is InChI=1S/C46H28Cl2O4/c47-29-17-9-15-27-37-28-16-10-18-30(48)39(28)40(38(27)29)44-43(37)45(49)41(35-23-11-1-5-19-31(23)51-32-20-6-2-12-24(32)35)42(46(44)50)36-25-13-3-7-21-33(25)52-34-22-8-4-14-26(34)36/h1-22,35-37,40-42H. The molecule has 0 fully saturated rings. The summed E-state index contributed by atoms with van der Waals surface area (Å²) in [5.74, 6) is -0.887. The molecular weight excluding hydrogens is 687 g/mol. The Bertz CT molecular complexity index is 2460. The minimum atomic E-state index is -0.794. The van der Waals surface area contributed by atoms with Gasteiger partial charge in [0.1, 0.15) is 23.0 Å². The first kappa shape index (κ1) is 30.2. The van der Waals surface area contributed by atoms with E-state index in [1.54, 1.807) is 0 Å². The first-order chi connectivity index (χ1) is 25.5. The molecule has 6 heteroatoms. The lowest BCUT2D eigenvalue weighted by Gasteiger charge is -2.50. The summed E-state index contributed by atoms with van der Waals surface area (Å²) in [5.41, 5.74) is 8.27. The number of para-hydroxylation sites is 4. The molecule has 2 heterocycles. The number of carbonyl (C=O) groups is 2. The van der Waals surface area contributed by atoms with E-state index in [1.807, 2.05) is 121 Å². The Balaban J connectivity index is 1.24. The number of allylic oxidation sites excluding steroid dienone is 2. The molecule has 0 N–H and O–H groups in total. The fourth-order valence-electron chi connectivity index (χ4n) is 10.1. The molecule has 6 aromatic carbocycles. The van der Waals surface area contributed by atoms with Crippen molar-refractivity contribution in [1.29, 1.82) is 0 Å². The van der Waals surface area contributed by atoms with Gasteiger partial charge in [-0.1, -0.05) is 120 Å². The van der Waals surface area contributed by atoms with Crippen LogP contribution >= 0.6 is 23.2 Å². The first-order valence-electron chi connectivity index (χ1n) is 17.6. The van der Waals surface area contributed by atoms with Crippen LogP contribution in [0.4, 0.5) is 0 Å². The van der Waals surface area contributed by atoms with Crippen LogP contribution < -0.4 is 9.47 Å². The Labute approximate surface area is 310 Å². The number of halogens is 2. The average molecular weight is 716 g/mol. The molecule has 6 aromatic rings. The molecule has 0 saturated carbocycles. The van der Waals surface area contributed by atoms with E-state index >= 15 is 9.59 Å². The van der Waals surface area contributed by atoms with Gasteiger partial charge in [0, 0.05) is 79.0 Å². The van der Waals surface area contributed by atoms with Gasteiger partial charge in [0.15, 0.2) is 11.6 Å². The Kier molecular flexibility index (Phi) is 6.42. The Morgan fingerprint density at radius 3 is 1.10 bits per heavy atom. The lowest BCUT2D eigenvalue weighted by Crippen LogP contribution is -2.49. The second-order valence-electron chi connectivity index (χ2n) is 14.3. The predicted octanol–water partition coefficient (Wildman–Crippen LogP) is 11.1. The number of hydrogen-bond donors (Lipinski definition) is 0. The summed E-state index contributed by atoms with van der Waals surface area (Å²) in [4.78, 5) is 32.3. The van der Waals surface area contributed by atoms with E-state index in [2.05, 4.69) is 12.1 Å². The molecule has 250 valence electrons. The van der Waals surface area contributed by atoms with Gasteiger partial charge in [-0.15, -0.1) is 0 Å². The maximum absolute atomic E-state index is 16.2. The summed E-state index contributed by atoms with van der Waals surface area (Å²) >= 11 is 14.1. The van der Waals surface area contributed by atoms with Gasteiger partial charge in [-0.25, -0.2) is 0 Å². The molecule has 0 radical (unpaired) electrons. The number of benzene rings is 6. The highest BCUT2D eigenvalue weighted by Gasteiger charge is 2.59. The summed E-state index contributed by atoms with van der Waals surface area (Å²) in [6, 6.07) is 43.3. The van der Waals surface area contributed by atoms with Crippen molar-refractivity contribution in [3.05, 3.63) is 199 Å². The van der Waals surface area contributed by atoms with Crippen molar-refractivity contribution in [3.8, 4) is 23.0 Å². The Morgan fingerprint density at radius 1 is 0.385 bits per heavy atom. The molecule has 4 aliphatic carbocycles. The molecule has 0 amide bonds. The fourth-order valence-corrected chi connectivity index (χ4v) is 10.6. The van der Waals surface area contributed by atoms with Crippen molar-refractivity contribution in [3.63, 3.8) is 0 Å². The molecule has 12 rings (SSSR count). The predicted molar refractivity (Wildman–Crippen MR) is 200 cm³/mol. The van der Waals surface area contributed by atoms with Crippen LogP contribution in [0.1, 0.15) is 68.2 Å². The van der Waals surface area contributed by atoms with E-state index in [9.17, 15) is 0 Å². The van der Waals surface area contributed by atoms with Crippen molar-refractivity contribution >= 4 is 34.8 Å². The second kappa shape index (κ2) is 11.0. The Morgan fingerprint density at radius 2 is 0.712 bits per heavy atom. The number of ketones is 2. The molecule has 2 bridgehead atoms. The van der Waals surface area contributed by atoms with Gasteiger partial charge in [-0.05, 0) is 58.7 Å². The van der Waals surface area contributed by atoms with Gasteiger partial charge < -0.3 is 9.47 Å². The number of hydrogen-bond acceptors (Lipinski definition) is 4. The van der Waals surface area contributed by atoms with E-state index < -0.39 is 35.5 Å². The van der Waals surface area contributed by atoms with Gasteiger partial charge in [-0.3, -0.25) is 9.59 Å². The van der Waals surface area contributed by atoms with Crippen LogP contribution in [0.3, 0.4) is 0 Å². The van der Waals surface area contributed by atoms with Gasteiger partial charge in [0.05, 0.1) is 0 Å². The van der Waals surface area contributed by atoms with Crippen molar-refractivity contribution < 1.29 is 19.1 Å². The van der Waals surface area contributed by atoms with E-state index in [1.165, 1.54) is 0 Å². The lowest BCUT2D eigenvalue weighted by atomic mass is 9.51. The second-order valence-corrected chi connectivity index (χ2v) is 15.1. The Hall–Kier alpha value is -5.42. The molecular formula is C46H28Cl2O4. The topological polar surface area (TPSA) is 52.6 Å². The van der Waals surface area contributed by atoms with E-state index in [0.717, 1.165) is 44.5 Å². The average Bonchev–Trinajstić information content (AvgIpc) is 3.17. The van der Waals surface area contributed by atoms with E-state index in [-0.39, 0.29) is 11.6 Å². The quantitative estimate of drug-likeness (QED) is 0.179. The molecule has 6 aliphatic rings. The van der Waals surface area contributed by atoms with Crippen molar-refractivity contribution in [2.75, 3.05) is 0 Å². The van der Waals surface area contributed by atoms with E-state index in [4.69, 9.17) is 32.7 Å². The monoisotopic (exact) mass is 714 g/mol. The summed E-state index contributed by atoms with van der Waals surface area (Å²) in [6.07, 6.45) is 0. The molecule has 2 unspecified atom stereocenters. The highest BCUT2D eigenvalue weighted by Crippen LogP contribution is 2.65. The van der Waals surface area contributed by atoms with Gasteiger partial charge >= 0.3 is 0 Å². The number of ether oxygens (including phenoxy) is 2. The third kappa shape index (κ3) is 3.94. The molecule has 0 aromatic heterocycles. The third-order valence-corrected chi connectivity index (χ3v) is 12.6. The first-order valence-corrected chi connectivity index (χ1v) is 18.4. The minimum Gasteiger partial charge on any atom is -0.457 e. The number of rotatable bonds is 2. The molecule has 0 spiro atoms. The van der Waals surface area contributed by atoms with Gasteiger partial charge in [0.25, 0.3) is 0 Å². The molecule has 2 atom stereocenters. The summed E-state index contributed by atoms with van der Waals surface area (Å²) in [6.45, 7) is 0. The zero-order valence-corrected chi connectivity index (χ0v) is 29.1. The van der Waals surface area contributed by atoms with Crippen LogP contribution in [0, 0.1) is 11.8 Å². The molecule has 0 saturated heterocycles. The smallest absolute Gasteiger partial charge is 0.165 e. The normalized spacial score (nSPS) is 22.2. The summed E-state index contributed by atoms with van der Waals surface area (Å²) in [5, 5.41) is 1.13. The van der Waals surface area contributed by atoms with Crippen LogP contribution in [0.15, 0.2) is 145 Å². The zero-order valence-electron chi connectivity index (χ0n) is 27.6. The molecule has 2 aliphatic heterocycles. The zero-order chi connectivity index (χ0) is 34.8. The molecule has 52 heavy (non-hydrogen) atoms. The van der Waals surface area contributed by atoms with Crippen LogP contribution in [-0.4, -0.2) is 11.6 Å². The number of carbonyl (C=O) groups excluding carboxylic acids is 2. The summed E-state index contributed by atoms with van der Waals surface area (Å²) in [7, 11) is 0. The maximum atomic E-state index is 16.2.